The number of amides is 2. The summed E-state index contributed by atoms with van der Waals surface area (Å²) in [7, 11) is 0. The molecule has 0 aliphatic heterocycles. The maximum atomic E-state index is 11.5. The number of urea groups is 1. The molecule has 0 fully saturated rings. The van der Waals surface area contributed by atoms with E-state index in [-0.39, 0.29) is 6.03 Å². The maximum Gasteiger partial charge on any atom is 0.315 e. The number of anilines is 1. The summed E-state index contributed by atoms with van der Waals surface area (Å²) < 4.78 is 0. The third-order valence-corrected chi connectivity index (χ3v) is 2.39. The molecule has 0 saturated heterocycles. The van der Waals surface area contributed by atoms with E-state index in [9.17, 15) is 4.79 Å². The summed E-state index contributed by atoms with van der Waals surface area (Å²) >= 11 is 0. The molecule has 3 N–H and O–H groups in total. The van der Waals surface area contributed by atoms with Crippen LogP contribution in [0.5, 0.6) is 0 Å². The van der Waals surface area contributed by atoms with Crippen LogP contribution in [0.25, 0.3) is 0 Å². The van der Waals surface area contributed by atoms with E-state index in [2.05, 4.69) is 36.4 Å². The van der Waals surface area contributed by atoms with Crippen molar-refractivity contribution in [2.45, 2.75) is 33.4 Å². The molecule has 0 saturated carbocycles. The summed E-state index contributed by atoms with van der Waals surface area (Å²) in [6, 6.07) is 8.24. The molecule has 2 amide bonds. The molecule has 0 aromatic heterocycles. The van der Waals surface area contributed by atoms with E-state index >= 15 is 0 Å². The lowest BCUT2D eigenvalue weighted by Gasteiger charge is -2.12. The van der Waals surface area contributed by atoms with Crippen LogP contribution in [0.1, 0.15) is 26.3 Å². The zero-order chi connectivity index (χ0) is 14.3. The number of carbonyl (C=O) groups excluding carboxylic acids is 1. The Morgan fingerprint density at radius 1 is 1.32 bits per heavy atom. The average Bonchev–Trinajstić information content (AvgIpc) is 2.33. The number of nitrogens with one attached hydrogen (secondary N) is 3. The molecule has 0 heterocycles. The molecule has 0 unspecified atom stereocenters. The van der Waals surface area contributed by atoms with E-state index in [0.717, 1.165) is 16.8 Å². The molecule has 104 valence electrons. The highest BCUT2D eigenvalue weighted by atomic mass is 16.2. The van der Waals surface area contributed by atoms with Gasteiger partial charge in [0.05, 0.1) is 0 Å². The molecule has 0 aliphatic carbocycles. The van der Waals surface area contributed by atoms with Crippen LogP contribution in [0.2, 0.25) is 0 Å². The highest BCUT2D eigenvalue weighted by Gasteiger charge is 2.01. The minimum atomic E-state index is -0.176. The topological polar surface area (TPSA) is 53.2 Å². The lowest BCUT2D eigenvalue weighted by Crippen LogP contribution is -2.35. The summed E-state index contributed by atoms with van der Waals surface area (Å²) in [5, 5.41) is 8.88. The van der Waals surface area contributed by atoms with Gasteiger partial charge >= 0.3 is 6.03 Å². The van der Waals surface area contributed by atoms with Crippen LogP contribution in [0.4, 0.5) is 10.5 Å². The van der Waals surface area contributed by atoms with Gasteiger partial charge in [-0.05, 0) is 38.5 Å². The number of carbonyl (C=O) groups is 1. The zero-order valence-electron chi connectivity index (χ0n) is 11.9. The van der Waals surface area contributed by atoms with Crippen molar-refractivity contribution < 1.29 is 4.79 Å². The molecule has 0 radical (unpaired) electrons. The molecule has 0 spiro atoms. The van der Waals surface area contributed by atoms with Crippen molar-refractivity contribution in [2.75, 3.05) is 11.9 Å². The Kier molecular flexibility index (Phi) is 5.93. The van der Waals surface area contributed by atoms with E-state index in [0.29, 0.717) is 19.1 Å². The van der Waals surface area contributed by atoms with Crippen LogP contribution in [-0.4, -0.2) is 18.6 Å². The minimum Gasteiger partial charge on any atom is -0.383 e. The molecule has 0 bridgehead atoms. The summed E-state index contributed by atoms with van der Waals surface area (Å²) in [4.78, 5) is 11.5. The van der Waals surface area contributed by atoms with Gasteiger partial charge in [0, 0.05) is 24.8 Å². The van der Waals surface area contributed by atoms with Crippen LogP contribution in [-0.2, 0) is 6.54 Å². The number of hydrogen-bond donors (Lipinski definition) is 3. The van der Waals surface area contributed by atoms with Crippen molar-refractivity contribution in [3.63, 3.8) is 0 Å². The van der Waals surface area contributed by atoms with Gasteiger partial charge in [-0.15, -0.1) is 0 Å². The fourth-order valence-electron chi connectivity index (χ4n) is 1.58. The SMILES string of the molecule is C=C(C)CNC(=O)NCc1cccc(NC(C)C)c1. The molecular weight excluding hydrogens is 238 g/mol. The summed E-state index contributed by atoms with van der Waals surface area (Å²) in [6.07, 6.45) is 0. The lowest BCUT2D eigenvalue weighted by atomic mass is 10.2. The maximum absolute atomic E-state index is 11.5. The van der Waals surface area contributed by atoms with Gasteiger partial charge in [0.15, 0.2) is 0 Å². The summed E-state index contributed by atoms with van der Waals surface area (Å²) in [5.74, 6) is 0. The average molecular weight is 261 g/mol. The minimum absolute atomic E-state index is 0.176. The molecular formula is C15H23N3O. The number of rotatable bonds is 6. The van der Waals surface area contributed by atoms with Gasteiger partial charge in [-0.25, -0.2) is 4.79 Å². The Morgan fingerprint density at radius 2 is 2.05 bits per heavy atom. The van der Waals surface area contributed by atoms with Crippen LogP contribution >= 0.6 is 0 Å². The van der Waals surface area contributed by atoms with Crippen molar-refractivity contribution >= 4 is 11.7 Å². The molecule has 1 rings (SSSR count). The zero-order valence-corrected chi connectivity index (χ0v) is 11.9. The van der Waals surface area contributed by atoms with Gasteiger partial charge in [0.2, 0.25) is 0 Å². The molecule has 19 heavy (non-hydrogen) atoms. The van der Waals surface area contributed by atoms with Crippen molar-refractivity contribution in [3.8, 4) is 0 Å². The van der Waals surface area contributed by atoms with Crippen LogP contribution < -0.4 is 16.0 Å². The molecule has 4 heteroatoms. The van der Waals surface area contributed by atoms with Crippen molar-refractivity contribution in [3.05, 3.63) is 42.0 Å². The smallest absolute Gasteiger partial charge is 0.315 e. The van der Waals surface area contributed by atoms with Gasteiger partial charge in [-0.2, -0.15) is 0 Å². The molecule has 1 aromatic rings. The lowest BCUT2D eigenvalue weighted by molar-refractivity contribution is 0.241. The first kappa shape index (κ1) is 15.1. The third kappa shape index (κ3) is 6.50. The van der Waals surface area contributed by atoms with Crippen molar-refractivity contribution in [2.24, 2.45) is 0 Å². The van der Waals surface area contributed by atoms with E-state index in [1.807, 2.05) is 31.2 Å². The second-order valence-electron chi connectivity index (χ2n) is 4.99. The first-order valence-corrected chi connectivity index (χ1v) is 6.49. The predicted molar refractivity (Wildman–Crippen MR) is 80.3 cm³/mol. The number of hydrogen-bond acceptors (Lipinski definition) is 2. The fraction of sp³-hybridized carbons (Fsp3) is 0.400. The Bertz CT molecular complexity index is 441. The van der Waals surface area contributed by atoms with E-state index < -0.39 is 0 Å². The van der Waals surface area contributed by atoms with Gasteiger partial charge in [-0.3, -0.25) is 0 Å². The fourth-order valence-corrected chi connectivity index (χ4v) is 1.58. The Morgan fingerprint density at radius 3 is 2.68 bits per heavy atom. The van der Waals surface area contributed by atoms with Gasteiger partial charge in [0.1, 0.15) is 0 Å². The summed E-state index contributed by atoms with van der Waals surface area (Å²) in [6.45, 7) is 10.8. The Hall–Kier alpha value is -1.97. The Labute approximate surface area is 115 Å². The van der Waals surface area contributed by atoms with Crippen LogP contribution in [0, 0.1) is 0 Å². The third-order valence-electron chi connectivity index (χ3n) is 2.39. The molecule has 0 atom stereocenters. The molecule has 1 aromatic carbocycles. The standard InChI is InChI=1S/C15H23N3O/c1-11(2)9-16-15(19)17-10-13-6-5-7-14(8-13)18-12(3)4/h5-8,12,18H,1,9-10H2,2-4H3,(H2,16,17,19). The second-order valence-corrected chi connectivity index (χ2v) is 4.99. The first-order valence-electron chi connectivity index (χ1n) is 6.49. The first-order chi connectivity index (χ1) is 8.97. The Balaban J connectivity index is 2.44. The normalized spacial score (nSPS) is 10.1. The second kappa shape index (κ2) is 7.46. The highest BCUT2D eigenvalue weighted by molar-refractivity contribution is 5.74. The molecule has 0 aliphatic rings. The predicted octanol–water partition coefficient (Wildman–Crippen LogP) is 2.88. The summed E-state index contributed by atoms with van der Waals surface area (Å²) in [5.41, 5.74) is 3.06. The van der Waals surface area contributed by atoms with Gasteiger partial charge < -0.3 is 16.0 Å². The largest absolute Gasteiger partial charge is 0.383 e. The van der Waals surface area contributed by atoms with E-state index in [4.69, 9.17) is 0 Å². The quantitative estimate of drug-likeness (QED) is 0.690. The van der Waals surface area contributed by atoms with Crippen LogP contribution in [0.3, 0.4) is 0 Å². The van der Waals surface area contributed by atoms with E-state index in [1.54, 1.807) is 0 Å². The highest BCUT2D eigenvalue weighted by Crippen LogP contribution is 2.11. The molecule has 4 nitrogen and oxygen atoms in total. The van der Waals surface area contributed by atoms with Gasteiger partial charge in [0.25, 0.3) is 0 Å². The van der Waals surface area contributed by atoms with Crippen LogP contribution in [0.15, 0.2) is 36.4 Å². The monoisotopic (exact) mass is 261 g/mol. The van der Waals surface area contributed by atoms with Crippen molar-refractivity contribution in [1.82, 2.24) is 10.6 Å². The van der Waals surface area contributed by atoms with E-state index in [1.165, 1.54) is 0 Å². The van der Waals surface area contributed by atoms with Gasteiger partial charge in [-0.1, -0.05) is 24.3 Å². The van der Waals surface area contributed by atoms with Crippen molar-refractivity contribution in [1.29, 1.82) is 0 Å². The number of benzene rings is 1.